The first-order chi connectivity index (χ1) is 12.7. The molecule has 2 saturated carbocycles. The summed E-state index contributed by atoms with van der Waals surface area (Å²) in [7, 11) is 3.30. The van der Waals surface area contributed by atoms with Crippen LogP contribution in [0.1, 0.15) is 50.1 Å². The first-order valence-corrected chi connectivity index (χ1v) is 9.39. The van der Waals surface area contributed by atoms with E-state index in [0.717, 1.165) is 34.6 Å². The van der Waals surface area contributed by atoms with Crippen LogP contribution in [-0.2, 0) is 0 Å². The molecule has 0 amide bonds. The van der Waals surface area contributed by atoms with Crippen LogP contribution in [0.15, 0.2) is 24.3 Å². The van der Waals surface area contributed by atoms with Gasteiger partial charge in [-0.1, -0.05) is 12.8 Å². The van der Waals surface area contributed by atoms with Gasteiger partial charge >= 0.3 is 0 Å². The minimum atomic E-state index is 0.493. The highest BCUT2D eigenvalue weighted by Gasteiger charge is 2.27. The number of hydrogen-bond donors (Lipinski definition) is 2. The smallest absolute Gasteiger partial charge is 0.225 e. The van der Waals surface area contributed by atoms with Crippen LogP contribution >= 0.6 is 0 Å². The Balaban J connectivity index is 1.59. The zero-order valence-corrected chi connectivity index (χ0v) is 15.4. The predicted molar refractivity (Wildman–Crippen MR) is 103 cm³/mol. The van der Waals surface area contributed by atoms with E-state index in [-0.39, 0.29) is 0 Å². The molecule has 6 nitrogen and oxygen atoms in total. The van der Waals surface area contributed by atoms with Crippen molar-refractivity contribution >= 4 is 17.5 Å². The van der Waals surface area contributed by atoms with Crippen molar-refractivity contribution in [1.82, 2.24) is 9.97 Å². The topological polar surface area (TPSA) is 68.3 Å². The quantitative estimate of drug-likeness (QED) is 0.765. The molecule has 1 aromatic carbocycles. The highest BCUT2D eigenvalue weighted by molar-refractivity contribution is 5.66. The van der Waals surface area contributed by atoms with Crippen molar-refractivity contribution in [3.8, 4) is 11.5 Å². The minimum Gasteiger partial charge on any atom is -0.497 e. The number of anilines is 3. The standard InChI is InChI=1S/C20H26N4O2/c1-25-15-9-10-16(18(11-15)26-2)22-19-12-17(13-7-8-13)23-20(24-19)21-14-5-3-4-6-14/h9-14H,3-8H2,1-2H3,(H2,21,22,23,24). The third kappa shape index (κ3) is 3.84. The van der Waals surface area contributed by atoms with Crippen LogP contribution in [0.4, 0.5) is 17.5 Å². The summed E-state index contributed by atoms with van der Waals surface area (Å²) in [5, 5.41) is 6.91. The molecule has 0 unspecified atom stereocenters. The number of rotatable bonds is 7. The van der Waals surface area contributed by atoms with Gasteiger partial charge in [-0.15, -0.1) is 0 Å². The second-order valence-corrected chi connectivity index (χ2v) is 7.09. The largest absolute Gasteiger partial charge is 0.497 e. The van der Waals surface area contributed by atoms with Crippen LogP contribution in [0.5, 0.6) is 11.5 Å². The first kappa shape index (κ1) is 16.9. The van der Waals surface area contributed by atoms with Gasteiger partial charge in [-0.3, -0.25) is 0 Å². The summed E-state index contributed by atoms with van der Waals surface area (Å²) in [5.74, 6) is 3.58. The number of aromatic nitrogens is 2. The molecule has 0 atom stereocenters. The van der Waals surface area contributed by atoms with Crippen molar-refractivity contribution in [3.63, 3.8) is 0 Å². The second-order valence-electron chi connectivity index (χ2n) is 7.09. The van der Waals surface area contributed by atoms with Crippen molar-refractivity contribution in [2.24, 2.45) is 0 Å². The molecule has 2 aromatic rings. The maximum Gasteiger partial charge on any atom is 0.225 e. The van der Waals surface area contributed by atoms with Crippen molar-refractivity contribution in [2.75, 3.05) is 24.9 Å². The fraction of sp³-hybridized carbons (Fsp3) is 0.500. The average Bonchev–Trinajstić information content (AvgIpc) is 3.40. The van der Waals surface area contributed by atoms with Gasteiger partial charge < -0.3 is 20.1 Å². The van der Waals surface area contributed by atoms with Gasteiger partial charge in [0.25, 0.3) is 0 Å². The van der Waals surface area contributed by atoms with E-state index in [1.165, 1.54) is 38.5 Å². The second kappa shape index (κ2) is 7.40. The third-order valence-corrected chi connectivity index (χ3v) is 5.10. The molecule has 0 aliphatic heterocycles. The third-order valence-electron chi connectivity index (χ3n) is 5.10. The monoisotopic (exact) mass is 354 g/mol. The molecule has 2 N–H and O–H groups in total. The zero-order chi connectivity index (χ0) is 17.9. The molecule has 1 aromatic heterocycles. The Hall–Kier alpha value is -2.50. The first-order valence-electron chi connectivity index (χ1n) is 9.39. The molecule has 6 heteroatoms. The van der Waals surface area contributed by atoms with Crippen LogP contribution in [0.2, 0.25) is 0 Å². The van der Waals surface area contributed by atoms with E-state index in [1.807, 2.05) is 18.2 Å². The molecule has 26 heavy (non-hydrogen) atoms. The summed E-state index contributed by atoms with van der Waals surface area (Å²) in [6.45, 7) is 0. The Morgan fingerprint density at radius 1 is 0.962 bits per heavy atom. The fourth-order valence-electron chi connectivity index (χ4n) is 3.48. The van der Waals surface area contributed by atoms with Gasteiger partial charge in [-0.2, -0.15) is 4.98 Å². The Bertz CT molecular complexity index is 770. The van der Waals surface area contributed by atoms with Crippen LogP contribution in [0, 0.1) is 0 Å². The Morgan fingerprint density at radius 3 is 2.46 bits per heavy atom. The summed E-state index contributed by atoms with van der Waals surface area (Å²) in [5.41, 5.74) is 1.98. The van der Waals surface area contributed by atoms with E-state index in [1.54, 1.807) is 14.2 Å². The van der Waals surface area contributed by atoms with E-state index < -0.39 is 0 Å². The number of nitrogens with zero attached hydrogens (tertiary/aromatic N) is 2. The molecular formula is C20H26N4O2. The Morgan fingerprint density at radius 2 is 1.77 bits per heavy atom. The number of methoxy groups -OCH3 is 2. The molecular weight excluding hydrogens is 328 g/mol. The molecule has 0 radical (unpaired) electrons. The molecule has 0 saturated heterocycles. The highest BCUT2D eigenvalue weighted by Crippen LogP contribution is 2.40. The van der Waals surface area contributed by atoms with Crippen LogP contribution < -0.4 is 20.1 Å². The number of nitrogens with one attached hydrogen (secondary N) is 2. The van der Waals surface area contributed by atoms with Gasteiger partial charge in [0.15, 0.2) is 0 Å². The molecule has 2 fully saturated rings. The number of hydrogen-bond acceptors (Lipinski definition) is 6. The molecule has 4 rings (SSSR count). The zero-order valence-electron chi connectivity index (χ0n) is 15.4. The van der Waals surface area contributed by atoms with Crippen molar-refractivity contribution in [1.29, 1.82) is 0 Å². The predicted octanol–water partition coefficient (Wildman–Crippen LogP) is 4.47. The number of benzene rings is 1. The molecule has 1 heterocycles. The van der Waals surface area contributed by atoms with Gasteiger partial charge in [-0.05, 0) is 37.8 Å². The van der Waals surface area contributed by atoms with E-state index >= 15 is 0 Å². The highest BCUT2D eigenvalue weighted by atomic mass is 16.5. The lowest BCUT2D eigenvalue weighted by molar-refractivity contribution is 0.395. The Kier molecular flexibility index (Phi) is 4.82. The maximum absolute atomic E-state index is 5.49. The van der Waals surface area contributed by atoms with E-state index in [0.29, 0.717) is 12.0 Å². The van der Waals surface area contributed by atoms with Gasteiger partial charge in [0, 0.05) is 24.1 Å². The van der Waals surface area contributed by atoms with E-state index in [2.05, 4.69) is 16.7 Å². The summed E-state index contributed by atoms with van der Waals surface area (Å²) in [4.78, 5) is 9.46. The van der Waals surface area contributed by atoms with E-state index in [9.17, 15) is 0 Å². The van der Waals surface area contributed by atoms with Crippen molar-refractivity contribution in [3.05, 3.63) is 30.0 Å². The lowest BCUT2D eigenvalue weighted by Crippen LogP contribution is -2.17. The van der Waals surface area contributed by atoms with Crippen LogP contribution in [-0.4, -0.2) is 30.2 Å². The molecule has 2 aliphatic carbocycles. The molecule has 0 spiro atoms. The molecule has 2 aliphatic rings. The van der Waals surface area contributed by atoms with Crippen molar-refractivity contribution in [2.45, 2.75) is 50.5 Å². The van der Waals surface area contributed by atoms with Gasteiger partial charge in [0.1, 0.15) is 17.3 Å². The van der Waals surface area contributed by atoms with Crippen LogP contribution in [0.3, 0.4) is 0 Å². The average molecular weight is 354 g/mol. The Labute approximate surface area is 154 Å². The summed E-state index contributed by atoms with van der Waals surface area (Å²) in [6.07, 6.45) is 7.40. The SMILES string of the molecule is COc1ccc(Nc2cc(C3CC3)nc(NC3CCCC3)n2)c(OC)c1. The van der Waals surface area contributed by atoms with Gasteiger partial charge in [-0.25, -0.2) is 4.98 Å². The lowest BCUT2D eigenvalue weighted by atomic mass is 10.2. The summed E-state index contributed by atoms with van der Waals surface area (Å²) < 4.78 is 10.8. The normalized spacial score (nSPS) is 17.2. The molecule has 0 bridgehead atoms. The number of ether oxygens (including phenoxy) is 2. The summed E-state index contributed by atoms with van der Waals surface area (Å²) in [6, 6.07) is 8.27. The minimum absolute atomic E-state index is 0.493. The van der Waals surface area contributed by atoms with E-state index in [4.69, 9.17) is 19.4 Å². The van der Waals surface area contributed by atoms with Gasteiger partial charge in [0.2, 0.25) is 5.95 Å². The lowest BCUT2D eigenvalue weighted by Gasteiger charge is -2.16. The van der Waals surface area contributed by atoms with Crippen molar-refractivity contribution < 1.29 is 9.47 Å². The maximum atomic E-state index is 5.49. The fourth-order valence-corrected chi connectivity index (χ4v) is 3.48. The van der Waals surface area contributed by atoms with Gasteiger partial charge in [0.05, 0.1) is 25.6 Å². The van der Waals surface area contributed by atoms with Crippen LogP contribution in [0.25, 0.3) is 0 Å². The summed E-state index contributed by atoms with van der Waals surface area (Å²) >= 11 is 0. The molecule has 138 valence electrons.